The highest BCUT2D eigenvalue weighted by molar-refractivity contribution is 5.94. The Hall–Kier alpha value is -2.82. The third-order valence-electron chi connectivity index (χ3n) is 4.78. The second kappa shape index (κ2) is 11.4. The molecule has 0 unspecified atom stereocenters. The van der Waals surface area contributed by atoms with Crippen LogP contribution < -0.4 is 0 Å². The maximum absolute atomic E-state index is 13.2. The normalized spacial score (nSPS) is 11.4. The van der Waals surface area contributed by atoms with Crippen molar-refractivity contribution >= 4 is 17.9 Å². The average Bonchev–Trinajstić information content (AvgIpc) is 3.09. The number of aryl methyl sites for hydroxylation is 1. The molecule has 1 heterocycles. The SMILES string of the molecule is CC(C)CN(CC(=O)N(Cc1cccn1C)CC(C)C)C(=O)/C=C/c1ccccc1. The molecule has 0 atom stereocenters. The van der Waals surface area contributed by atoms with Crippen molar-refractivity contribution in [3.05, 3.63) is 66.0 Å². The summed E-state index contributed by atoms with van der Waals surface area (Å²) < 4.78 is 2.03. The summed E-state index contributed by atoms with van der Waals surface area (Å²) in [6.45, 7) is 10.2. The molecule has 30 heavy (non-hydrogen) atoms. The predicted molar refractivity (Wildman–Crippen MR) is 123 cm³/mol. The van der Waals surface area contributed by atoms with E-state index in [1.54, 1.807) is 17.1 Å². The maximum Gasteiger partial charge on any atom is 0.247 e. The van der Waals surface area contributed by atoms with E-state index in [2.05, 4.69) is 27.7 Å². The van der Waals surface area contributed by atoms with Gasteiger partial charge in [-0.1, -0.05) is 58.0 Å². The van der Waals surface area contributed by atoms with Crippen LogP contribution in [0.3, 0.4) is 0 Å². The number of rotatable bonds is 10. The minimum atomic E-state index is -0.135. The summed E-state index contributed by atoms with van der Waals surface area (Å²) in [5.74, 6) is 0.469. The largest absolute Gasteiger partial charge is 0.353 e. The number of carbonyl (C=O) groups is 2. The van der Waals surface area contributed by atoms with Crippen LogP contribution in [-0.4, -0.2) is 45.8 Å². The van der Waals surface area contributed by atoms with Crippen molar-refractivity contribution in [1.29, 1.82) is 0 Å². The number of nitrogens with zero attached hydrogens (tertiary/aromatic N) is 3. The van der Waals surface area contributed by atoms with Gasteiger partial charge in [0.1, 0.15) is 6.54 Å². The van der Waals surface area contributed by atoms with Crippen molar-refractivity contribution in [3.8, 4) is 0 Å². The van der Waals surface area contributed by atoms with Crippen molar-refractivity contribution < 1.29 is 9.59 Å². The van der Waals surface area contributed by atoms with Crippen molar-refractivity contribution in [2.75, 3.05) is 19.6 Å². The Balaban J connectivity index is 2.13. The van der Waals surface area contributed by atoms with Gasteiger partial charge in [0.25, 0.3) is 0 Å². The Kier molecular flexibility index (Phi) is 8.90. The van der Waals surface area contributed by atoms with Gasteiger partial charge in [0.2, 0.25) is 11.8 Å². The summed E-state index contributed by atoms with van der Waals surface area (Å²) in [6, 6.07) is 13.7. The van der Waals surface area contributed by atoms with Gasteiger partial charge in [-0.3, -0.25) is 9.59 Å². The number of carbonyl (C=O) groups excluding carboxylic acids is 2. The molecule has 0 fully saturated rings. The zero-order valence-electron chi connectivity index (χ0n) is 18.9. The zero-order chi connectivity index (χ0) is 22.1. The maximum atomic E-state index is 13.2. The summed E-state index contributed by atoms with van der Waals surface area (Å²) in [4.78, 5) is 29.6. The van der Waals surface area contributed by atoms with Crippen LogP contribution in [0.1, 0.15) is 39.0 Å². The standard InChI is InChI=1S/C25H35N3O2/c1-20(2)16-27(18-23-12-9-15-26(23)5)25(30)19-28(17-21(3)4)24(29)14-13-22-10-7-6-8-11-22/h6-15,20-21H,16-19H2,1-5H3/b14-13+. The summed E-state index contributed by atoms with van der Waals surface area (Å²) in [7, 11) is 1.98. The highest BCUT2D eigenvalue weighted by Gasteiger charge is 2.22. The highest BCUT2D eigenvalue weighted by atomic mass is 16.2. The number of benzene rings is 1. The monoisotopic (exact) mass is 409 g/mol. The molecule has 5 heteroatoms. The Morgan fingerprint density at radius 2 is 1.57 bits per heavy atom. The first-order valence-corrected chi connectivity index (χ1v) is 10.7. The summed E-state index contributed by atoms with van der Waals surface area (Å²) in [5, 5.41) is 0. The van der Waals surface area contributed by atoms with Gasteiger partial charge >= 0.3 is 0 Å². The number of amides is 2. The van der Waals surface area contributed by atoms with Gasteiger partial charge in [-0.2, -0.15) is 0 Å². The lowest BCUT2D eigenvalue weighted by atomic mass is 10.1. The molecule has 0 radical (unpaired) electrons. The topological polar surface area (TPSA) is 45.6 Å². The molecule has 0 N–H and O–H groups in total. The molecule has 162 valence electrons. The third-order valence-corrected chi connectivity index (χ3v) is 4.78. The lowest BCUT2D eigenvalue weighted by Gasteiger charge is -2.29. The number of hydrogen-bond acceptors (Lipinski definition) is 2. The molecule has 1 aromatic heterocycles. The van der Waals surface area contributed by atoms with Crippen LogP contribution in [0.25, 0.3) is 6.08 Å². The van der Waals surface area contributed by atoms with Gasteiger partial charge in [0, 0.05) is 38.1 Å². The minimum Gasteiger partial charge on any atom is -0.353 e. The van der Waals surface area contributed by atoms with Crippen molar-refractivity contribution in [1.82, 2.24) is 14.4 Å². The number of hydrogen-bond donors (Lipinski definition) is 0. The molecule has 1 aromatic carbocycles. The molecular formula is C25H35N3O2. The molecule has 0 aliphatic rings. The molecule has 5 nitrogen and oxygen atoms in total. The van der Waals surface area contributed by atoms with E-state index in [4.69, 9.17) is 0 Å². The van der Waals surface area contributed by atoms with Gasteiger partial charge in [0.05, 0.1) is 6.54 Å². The quantitative estimate of drug-likeness (QED) is 0.552. The Morgan fingerprint density at radius 1 is 0.933 bits per heavy atom. The fourth-order valence-corrected chi connectivity index (χ4v) is 3.33. The second-order valence-corrected chi connectivity index (χ2v) is 8.64. The van der Waals surface area contributed by atoms with Crippen LogP contribution >= 0.6 is 0 Å². The van der Waals surface area contributed by atoms with Crippen LogP contribution in [0.15, 0.2) is 54.7 Å². The van der Waals surface area contributed by atoms with E-state index in [0.717, 1.165) is 11.3 Å². The predicted octanol–water partition coefficient (Wildman–Crippen LogP) is 4.21. The summed E-state index contributed by atoms with van der Waals surface area (Å²) in [5.41, 5.74) is 2.04. The van der Waals surface area contributed by atoms with Gasteiger partial charge in [-0.15, -0.1) is 0 Å². The van der Waals surface area contributed by atoms with Crippen LogP contribution in [-0.2, 0) is 23.2 Å². The van der Waals surface area contributed by atoms with Crippen molar-refractivity contribution in [2.24, 2.45) is 18.9 Å². The molecule has 0 bridgehead atoms. The fraction of sp³-hybridized carbons (Fsp3) is 0.440. The molecule has 0 saturated heterocycles. The van der Waals surface area contributed by atoms with E-state index in [0.29, 0.717) is 25.6 Å². The lowest BCUT2D eigenvalue weighted by Crippen LogP contribution is -2.44. The molecule has 0 spiro atoms. The third kappa shape index (κ3) is 7.54. The van der Waals surface area contributed by atoms with E-state index >= 15 is 0 Å². The summed E-state index contributed by atoms with van der Waals surface area (Å²) >= 11 is 0. The van der Waals surface area contributed by atoms with E-state index in [9.17, 15) is 9.59 Å². The van der Waals surface area contributed by atoms with Gasteiger partial charge in [-0.05, 0) is 35.6 Å². The minimum absolute atomic E-state index is 0.0213. The smallest absolute Gasteiger partial charge is 0.247 e. The molecule has 2 rings (SSSR count). The Bertz CT molecular complexity index is 837. The molecule has 2 amide bonds. The summed E-state index contributed by atoms with van der Waals surface area (Å²) in [6.07, 6.45) is 5.35. The zero-order valence-corrected chi connectivity index (χ0v) is 18.9. The Morgan fingerprint density at radius 3 is 2.13 bits per heavy atom. The highest BCUT2D eigenvalue weighted by Crippen LogP contribution is 2.11. The van der Waals surface area contributed by atoms with E-state index in [1.165, 1.54) is 0 Å². The lowest BCUT2D eigenvalue weighted by molar-refractivity contribution is -0.139. The number of aromatic nitrogens is 1. The van der Waals surface area contributed by atoms with E-state index in [1.807, 2.05) is 65.2 Å². The van der Waals surface area contributed by atoms with Crippen LogP contribution in [0.2, 0.25) is 0 Å². The van der Waals surface area contributed by atoms with Gasteiger partial charge in [-0.25, -0.2) is 0 Å². The molecule has 0 aliphatic carbocycles. The molecule has 0 aliphatic heterocycles. The van der Waals surface area contributed by atoms with Crippen molar-refractivity contribution in [3.63, 3.8) is 0 Å². The van der Waals surface area contributed by atoms with Crippen molar-refractivity contribution in [2.45, 2.75) is 34.2 Å². The van der Waals surface area contributed by atoms with E-state index in [-0.39, 0.29) is 24.3 Å². The molecular weight excluding hydrogens is 374 g/mol. The first-order chi connectivity index (χ1) is 14.3. The molecule has 0 saturated carbocycles. The molecule has 2 aromatic rings. The first kappa shape index (κ1) is 23.5. The van der Waals surface area contributed by atoms with Gasteiger partial charge < -0.3 is 14.4 Å². The van der Waals surface area contributed by atoms with Crippen LogP contribution in [0, 0.1) is 11.8 Å². The van der Waals surface area contributed by atoms with Gasteiger partial charge in [0.15, 0.2) is 0 Å². The van der Waals surface area contributed by atoms with E-state index < -0.39 is 0 Å². The van der Waals surface area contributed by atoms with Crippen LogP contribution in [0.5, 0.6) is 0 Å². The Labute approximate surface area is 181 Å². The first-order valence-electron chi connectivity index (χ1n) is 10.7. The van der Waals surface area contributed by atoms with Crippen LogP contribution in [0.4, 0.5) is 0 Å². The fourth-order valence-electron chi connectivity index (χ4n) is 3.33. The second-order valence-electron chi connectivity index (χ2n) is 8.64. The average molecular weight is 410 g/mol.